The molecule has 0 bridgehead atoms. The predicted molar refractivity (Wildman–Crippen MR) is 102 cm³/mol. The summed E-state index contributed by atoms with van der Waals surface area (Å²) >= 11 is 0. The summed E-state index contributed by atoms with van der Waals surface area (Å²) in [4.78, 5) is 52.8. The van der Waals surface area contributed by atoms with Gasteiger partial charge in [-0.25, -0.2) is 4.79 Å². The van der Waals surface area contributed by atoms with Gasteiger partial charge in [0.1, 0.15) is 12.6 Å². The number of fused-ring (bicyclic) bond motifs is 1. The van der Waals surface area contributed by atoms with Crippen molar-refractivity contribution >= 4 is 23.9 Å². The average molecular weight is 402 g/mol. The van der Waals surface area contributed by atoms with Gasteiger partial charge in [0.25, 0.3) is 5.91 Å². The third-order valence-corrected chi connectivity index (χ3v) is 5.32. The fourth-order valence-electron chi connectivity index (χ4n) is 3.77. The number of esters is 1. The van der Waals surface area contributed by atoms with Gasteiger partial charge in [-0.05, 0) is 32.8 Å². The van der Waals surface area contributed by atoms with Crippen LogP contribution in [-0.2, 0) is 30.5 Å². The van der Waals surface area contributed by atoms with Crippen LogP contribution in [0.25, 0.3) is 0 Å². The van der Waals surface area contributed by atoms with Crippen molar-refractivity contribution in [3.8, 4) is 0 Å². The number of ether oxygens (including phenoxy) is 2. The second-order valence-electron chi connectivity index (χ2n) is 7.94. The lowest BCUT2D eigenvalue weighted by molar-refractivity contribution is -0.156. The Morgan fingerprint density at radius 3 is 2.45 bits per heavy atom. The maximum absolute atomic E-state index is 12.9. The molecule has 2 fully saturated rings. The SMILES string of the molecule is CCOC(=O)C(C)(C)CN1C(=O)[C@@H]2[C@@H](CCN2C(=O)OCc2ccccc2)C1=O. The number of hydrogen-bond donors (Lipinski definition) is 0. The Hall–Kier alpha value is -2.90. The molecule has 1 aromatic rings. The summed E-state index contributed by atoms with van der Waals surface area (Å²) in [7, 11) is 0. The first-order chi connectivity index (χ1) is 13.8. The number of carbonyl (C=O) groups is 4. The molecule has 0 radical (unpaired) electrons. The van der Waals surface area contributed by atoms with E-state index in [1.807, 2.05) is 30.3 Å². The Labute approximate surface area is 169 Å². The van der Waals surface area contributed by atoms with E-state index in [2.05, 4.69) is 0 Å². The third kappa shape index (κ3) is 4.11. The van der Waals surface area contributed by atoms with Crippen molar-refractivity contribution < 1.29 is 28.7 Å². The number of benzene rings is 1. The average Bonchev–Trinajstić information content (AvgIpc) is 3.23. The molecular weight excluding hydrogens is 376 g/mol. The van der Waals surface area contributed by atoms with Crippen LogP contribution >= 0.6 is 0 Å². The normalized spacial score (nSPS) is 21.3. The van der Waals surface area contributed by atoms with E-state index in [9.17, 15) is 19.2 Å². The molecule has 29 heavy (non-hydrogen) atoms. The molecule has 2 atom stereocenters. The predicted octanol–water partition coefficient (Wildman–Crippen LogP) is 1.97. The summed E-state index contributed by atoms with van der Waals surface area (Å²) in [5.41, 5.74) is -0.193. The molecule has 0 spiro atoms. The highest BCUT2D eigenvalue weighted by atomic mass is 16.6. The minimum Gasteiger partial charge on any atom is -0.466 e. The van der Waals surface area contributed by atoms with Crippen LogP contribution < -0.4 is 0 Å². The molecule has 0 unspecified atom stereocenters. The topological polar surface area (TPSA) is 93.2 Å². The third-order valence-electron chi connectivity index (χ3n) is 5.32. The van der Waals surface area contributed by atoms with Crippen molar-refractivity contribution in [3.05, 3.63) is 35.9 Å². The Bertz CT molecular complexity index is 807. The number of likely N-dealkylation sites (tertiary alicyclic amines) is 2. The molecule has 2 aliphatic rings. The fourth-order valence-corrected chi connectivity index (χ4v) is 3.77. The van der Waals surface area contributed by atoms with Gasteiger partial charge in [0.15, 0.2) is 0 Å². The van der Waals surface area contributed by atoms with Gasteiger partial charge >= 0.3 is 12.1 Å². The van der Waals surface area contributed by atoms with Gasteiger partial charge in [-0.15, -0.1) is 0 Å². The number of imide groups is 1. The maximum Gasteiger partial charge on any atom is 0.410 e. The van der Waals surface area contributed by atoms with E-state index in [0.29, 0.717) is 6.42 Å². The van der Waals surface area contributed by atoms with E-state index in [4.69, 9.17) is 9.47 Å². The van der Waals surface area contributed by atoms with Crippen molar-refractivity contribution in [1.29, 1.82) is 0 Å². The van der Waals surface area contributed by atoms with Crippen LogP contribution in [0, 0.1) is 11.3 Å². The lowest BCUT2D eigenvalue weighted by atomic mass is 9.93. The van der Waals surface area contributed by atoms with Gasteiger partial charge in [-0.2, -0.15) is 0 Å². The van der Waals surface area contributed by atoms with Gasteiger partial charge in [-0.3, -0.25) is 24.2 Å². The summed E-state index contributed by atoms with van der Waals surface area (Å²) in [6.07, 6.45) is -0.222. The second kappa shape index (κ2) is 8.23. The zero-order chi connectivity index (χ0) is 21.2. The highest BCUT2D eigenvalue weighted by molar-refractivity contribution is 6.09. The first kappa shape index (κ1) is 20.8. The molecule has 0 aliphatic carbocycles. The molecule has 2 saturated heterocycles. The minimum absolute atomic E-state index is 0.0800. The number of hydrogen-bond acceptors (Lipinski definition) is 6. The molecule has 156 valence electrons. The fraction of sp³-hybridized carbons (Fsp3) is 0.524. The standard InChI is InChI=1S/C21H26N2O6/c1-4-28-19(26)21(2,3)13-23-17(24)15-10-11-22(16(15)18(23)25)20(27)29-12-14-8-6-5-7-9-14/h5-9,15-16H,4,10-13H2,1-3H3/t15-,16+/m1/s1. The lowest BCUT2D eigenvalue weighted by Crippen LogP contribution is -2.47. The van der Waals surface area contributed by atoms with Crippen molar-refractivity contribution in [1.82, 2.24) is 9.80 Å². The molecule has 0 N–H and O–H groups in total. The van der Waals surface area contributed by atoms with Crippen molar-refractivity contribution in [2.75, 3.05) is 19.7 Å². The van der Waals surface area contributed by atoms with Gasteiger partial charge in [0, 0.05) is 13.1 Å². The largest absolute Gasteiger partial charge is 0.466 e. The molecule has 2 heterocycles. The molecule has 0 aromatic heterocycles. The minimum atomic E-state index is -1.03. The Balaban J connectivity index is 1.67. The summed E-state index contributed by atoms with van der Waals surface area (Å²) < 4.78 is 10.4. The molecule has 3 rings (SSSR count). The molecule has 2 aliphatic heterocycles. The van der Waals surface area contributed by atoms with Gasteiger partial charge in [0.05, 0.1) is 17.9 Å². The van der Waals surface area contributed by atoms with E-state index >= 15 is 0 Å². The summed E-state index contributed by atoms with van der Waals surface area (Å²) in [6, 6.07) is 8.36. The zero-order valence-corrected chi connectivity index (χ0v) is 16.9. The molecule has 1 aromatic carbocycles. The van der Waals surface area contributed by atoms with Crippen LogP contribution in [-0.4, -0.2) is 59.4 Å². The highest BCUT2D eigenvalue weighted by Gasteiger charge is 2.56. The smallest absolute Gasteiger partial charge is 0.410 e. The lowest BCUT2D eigenvalue weighted by Gasteiger charge is -2.28. The van der Waals surface area contributed by atoms with Crippen LogP contribution in [0.5, 0.6) is 0 Å². The summed E-state index contributed by atoms with van der Waals surface area (Å²) in [6.45, 7) is 5.48. The van der Waals surface area contributed by atoms with Crippen LogP contribution in [0.15, 0.2) is 30.3 Å². The van der Waals surface area contributed by atoms with Gasteiger partial charge in [-0.1, -0.05) is 30.3 Å². The van der Waals surface area contributed by atoms with Crippen molar-refractivity contribution in [2.24, 2.45) is 11.3 Å². The van der Waals surface area contributed by atoms with E-state index < -0.39 is 35.3 Å². The number of amides is 3. The quantitative estimate of drug-likeness (QED) is 0.534. The summed E-state index contributed by atoms with van der Waals surface area (Å²) in [5.74, 6) is -1.89. The second-order valence-corrected chi connectivity index (χ2v) is 7.94. The van der Waals surface area contributed by atoms with Crippen molar-refractivity contribution in [2.45, 2.75) is 39.8 Å². The van der Waals surface area contributed by atoms with E-state index in [-0.39, 0.29) is 32.2 Å². The first-order valence-corrected chi connectivity index (χ1v) is 9.76. The molecule has 3 amide bonds. The molecule has 8 nitrogen and oxygen atoms in total. The Morgan fingerprint density at radius 1 is 1.10 bits per heavy atom. The molecular formula is C21H26N2O6. The Kier molecular flexibility index (Phi) is 5.91. The number of nitrogens with zero attached hydrogens (tertiary/aromatic N) is 2. The number of carbonyl (C=O) groups excluding carboxylic acids is 4. The molecule has 0 saturated carbocycles. The van der Waals surface area contributed by atoms with Crippen molar-refractivity contribution in [3.63, 3.8) is 0 Å². The van der Waals surface area contributed by atoms with E-state index in [1.165, 1.54) is 4.90 Å². The van der Waals surface area contributed by atoms with Crippen LogP contribution in [0.2, 0.25) is 0 Å². The first-order valence-electron chi connectivity index (χ1n) is 9.76. The van der Waals surface area contributed by atoms with Crippen LogP contribution in [0.3, 0.4) is 0 Å². The van der Waals surface area contributed by atoms with E-state index in [0.717, 1.165) is 10.5 Å². The van der Waals surface area contributed by atoms with Gasteiger partial charge < -0.3 is 9.47 Å². The summed E-state index contributed by atoms with van der Waals surface area (Å²) in [5, 5.41) is 0. The van der Waals surface area contributed by atoms with E-state index in [1.54, 1.807) is 20.8 Å². The number of rotatable bonds is 6. The van der Waals surface area contributed by atoms with Gasteiger partial charge in [0.2, 0.25) is 5.91 Å². The highest BCUT2D eigenvalue weighted by Crippen LogP contribution is 2.36. The van der Waals surface area contributed by atoms with Crippen LogP contribution in [0.4, 0.5) is 4.79 Å². The Morgan fingerprint density at radius 2 is 1.79 bits per heavy atom. The van der Waals surface area contributed by atoms with Crippen LogP contribution in [0.1, 0.15) is 32.8 Å². The molecule has 8 heteroatoms. The monoisotopic (exact) mass is 402 g/mol. The maximum atomic E-state index is 12.9. The zero-order valence-electron chi connectivity index (χ0n) is 16.9.